The number of allylic oxidation sites excluding steroid dienone is 1. The third kappa shape index (κ3) is 6.56. The lowest BCUT2D eigenvalue weighted by atomic mass is 9.58. The van der Waals surface area contributed by atoms with Gasteiger partial charge in [-0.15, -0.1) is 0 Å². The van der Waals surface area contributed by atoms with E-state index in [9.17, 15) is 9.90 Å². The predicted octanol–water partition coefficient (Wildman–Crippen LogP) is 7.62. The topological polar surface area (TPSA) is 138 Å². The van der Waals surface area contributed by atoms with Crippen LogP contribution in [0.1, 0.15) is 117 Å². The van der Waals surface area contributed by atoms with Crippen molar-refractivity contribution in [3.63, 3.8) is 0 Å². The number of aromatic nitrogens is 1. The number of rotatable bonds is 15. The Labute approximate surface area is 303 Å². The average molecular weight is 725 g/mol. The molecule has 0 saturated carbocycles. The molecule has 0 fully saturated rings. The first-order valence-corrected chi connectivity index (χ1v) is 21.3. The van der Waals surface area contributed by atoms with Crippen LogP contribution in [0.15, 0.2) is 21.9 Å². The number of aryl methyl sites for hydroxylation is 1. The molecule has 0 saturated heterocycles. The molecule has 0 spiro atoms. The molecule has 11 nitrogen and oxygen atoms in total. The van der Waals surface area contributed by atoms with Crippen molar-refractivity contribution in [1.29, 1.82) is 0 Å². The van der Waals surface area contributed by atoms with Crippen LogP contribution in [0.3, 0.4) is 0 Å². The summed E-state index contributed by atoms with van der Waals surface area (Å²) in [5.74, 6) is -0.976. The quantitative estimate of drug-likeness (QED) is 0.110. The summed E-state index contributed by atoms with van der Waals surface area (Å²) in [6, 6.07) is 1.34. The first-order valence-electron chi connectivity index (χ1n) is 18.4. The second kappa shape index (κ2) is 14.9. The molecule has 0 radical (unpaired) electrons. The van der Waals surface area contributed by atoms with E-state index in [0.29, 0.717) is 66.4 Å². The van der Waals surface area contributed by atoms with Crippen molar-refractivity contribution in [2.45, 2.75) is 116 Å². The number of Topliss-reactive ketones (excluding diaryl/α,β-unsaturated/α-hetero) is 2. The van der Waals surface area contributed by atoms with Crippen molar-refractivity contribution in [3.8, 4) is 17.4 Å². The smallest absolute Gasteiger partial charge is 0.265 e. The number of carbonyl (C=O) groups is 3. The standard InChI is InChI=1S/C39H56N2O9Si/c1-11-13-18-47-33-23(16-15-17-42)22-27(46-8)25-20-24-21-26-31(41(6)7)34-30(37(40-49-34)48-19-14-12-2)36(45)39(26,50-51(9,10)38(3,4)5)35(44)28(24)32(43)29(25)33/h17,22,24,26,31,44H,11-16,18-21H2,1-10H3/t24-,26-,31-,39-/m0/s1. The monoisotopic (exact) mass is 724 g/mol. The van der Waals surface area contributed by atoms with Crippen LogP contribution in [-0.2, 0) is 22.1 Å². The Morgan fingerprint density at radius 3 is 2.35 bits per heavy atom. The fourth-order valence-corrected chi connectivity index (χ4v) is 9.14. The summed E-state index contributed by atoms with van der Waals surface area (Å²) in [7, 11) is 2.53. The largest absolute Gasteiger partial charge is 0.508 e. The normalized spacial score (nSPS) is 23.1. The molecule has 3 aliphatic carbocycles. The molecular formula is C39H56N2O9Si. The van der Waals surface area contributed by atoms with E-state index in [1.807, 2.05) is 45.1 Å². The Morgan fingerprint density at radius 1 is 1.10 bits per heavy atom. The van der Waals surface area contributed by atoms with Gasteiger partial charge in [0.05, 0.1) is 31.9 Å². The first kappa shape index (κ1) is 38.7. The number of ether oxygens (including phenoxy) is 3. The van der Waals surface area contributed by atoms with E-state index in [0.717, 1.165) is 32.0 Å². The maximum absolute atomic E-state index is 15.3. The van der Waals surface area contributed by atoms with Gasteiger partial charge < -0.3 is 33.1 Å². The number of fused-ring (bicyclic) bond motifs is 4. The number of aldehydes is 1. The van der Waals surface area contributed by atoms with Gasteiger partial charge in [0.2, 0.25) is 5.78 Å². The van der Waals surface area contributed by atoms with Crippen molar-refractivity contribution in [1.82, 2.24) is 10.1 Å². The Balaban J connectivity index is 1.80. The third-order valence-electron chi connectivity index (χ3n) is 11.3. The van der Waals surface area contributed by atoms with E-state index in [2.05, 4.69) is 32.9 Å². The maximum Gasteiger partial charge on any atom is 0.265 e. The molecule has 2 aromatic rings. The van der Waals surface area contributed by atoms with Gasteiger partial charge in [-0.3, -0.25) is 14.5 Å². The Morgan fingerprint density at radius 2 is 1.76 bits per heavy atom. The van der Waals surface area contributed by atoms with E-state index < -0.39 is 43.4 Å². The van der Waals surface area contributed by atoms with Crippen molar-refractivity contribution >= 4 is 26.2 Å². The second-order valence-electron chi connectivity index (χ2n) is 15.9. The molecule has 3 aliphatic rings. The molecule has 0 unspecified atom stereocenters. The second-order valence-corrected chi connectivity index (χ2v) is 20.7. The summed E-state index contributed by atoms with van der Waals surface area (Å²) in [5.41, 5.74) is 0.0966. The van der Waals surface area contributed by atoms with Gasteiger partial charge in [0.15, 0.2) is 25.5 Å². The van der Waals surface area contributed by atoms with Crippen LogP contribution in [-0.4, -0.2) is 81.4 Å². The summed E-state index contributed by atoms with van der Waals surface area (Å²) in [4.78, 5) is 43.9. The average Bonchev–Trinajstić information content (AvgIpc) is 3.48. The van der Waals surface area contributed by atoms with E-state index in [-0.39, 0.29) is 34.2 Å². The summed E-state index contributed by atoms with van der Waals surface area (Å²) in [6.07, 6.45) is 5.47. The number of carbonyl (C=O) groups excluding carboxylic acids is 3. The number of unbranched alkanes of at least 4 members (excludes halogenated alkanes) is 2. The molecule has 1 aromatic carbocycles. The number of hydrogen-bond acceptors (Lipinski definition) is 11. The molecule has 280 valence electrons. The van der Waals surface area contributed by atoms with E-state index in [1.165, 1.54) is 0 Å². The van der Waals surface area contributed by atoms with Crippen molar-refractivity contribution in [2.24, 2.45) is 11.8 Å². The minimum Gasteiger partial charge on any atom is -0.508 e. The van der Waals surface area contributed by atoms with Crippen molar-refractivity contribution in [3.05, 3.63) is 45.4 Å². The van der Waals surface area contributed by atoms with Gasteiger partial charge >= 0.3 is 0 Å². The molecule has 0 bridgehead atoms. The molecule has 1 heterocycles. The van der Waals surface area contributed by atoms with Gasteiger partial charge in [0.25, 0.3) is 5.88 Å². The lowest BCUT2D eigenvalue weighted by Crippen LogP contribution is -2.65. The van der Waals surface area contributed by atoms with E-state index in [4.69, 9.17) is 23.2 Å². The minimum absolute atomic E-state index is 0.0726. The van der Waals surface area contributed by atoms with Crippen molar-refractivity contribution < 1.29 is 42.6 Å². The predicted molar refractivity (Wildman–Crippen MR) is 196 cm³/mol. The van der Waals surface area contributed by atoms with Crippen LogP contribution in [0.4, 0.5) is 0 Å². The highest BCUT2D eigenvalue weighted by Crippen LogP contribution is 2.60. The van der Waals surface area contributed by atoms with Gasteiger partial charge in [0, 0.05) is 23.5 Å². The summed E-state index contributed by atoms with van der Waals surface area (Å²) in [5, 5.41) is 16.8. The maximum atomic E-state index is 15.3. The van der Waals surface area contributed by atoms with Gasteiger partial charge in [-0.1, -0.05) is 47.5 Å². The van der Waals surface area contributed by atoms with Crippen LogP contribution in [0.5, 0.6) is 17.4 Å². The summed E-state index contributed by atoms with van der Waals surface area (Å²) >= 11 is 0. The van der Waals surface area contributed by atoms with Crippen LogP contribution >= 0.6 is 0 Å². The van der Waals surface area contributed by atoms with Gasteiger partial charge in [-0.2, -0.15) is 0 Å². The number of aliphatic hydroxyl groups is 1. The fraction of sp³-hybridized carbons (Fsp3) is 0.641. The lowest BCUT2D eigenvalue weighted by Gasteiger charge is -2.55. The molecule has 4 atom stereocenters. The molecule has 51 heavy (non-hydrogen) atoms. The molecule has 0 amide bonds. The van der Waals surface area contributed by atoms with Gasteiger partial charge in [-0.25, -0.2) is 0 Å². The zero-order valence-corrected chi connectivity index (χ0v) is 33.1. The zero-order valence-electron chi connectivity index (χ0n) is 32.1. The number of hydrogen-bond donors (Lipinski definition) is 1. The van der Waals surface area contributed by atoms with Crippen LogP contribution < -0.4 is 14.2 Å². The summed E-state index contributed by atoms with van der Waals surface area (Å²) in [6.45, 7) is 15.2. The molecular weight excluding hydrogens is 669 g/mol. The highest BCUT2D eigenvalue weighted by molar-refractivity contribution is 6.74. The number of methoxy groups -OCH3 is 1. The Hall–Kier alpha value is -3.48. The highest BCUT2D eigenvalue weighted by Gasteiger charge is 2.67. The number of nitrogens with zero attached hydrogens (tertiary/aromatic N) is 2. The van der Waals surface area contributed by atoms with Gasteiger partial charge in [0.1, 0.15) is 29.1 Å². The van der Waals surface area contributed by atoms with Crippen LogP contribution in [0.2, 0.25) is 18.1 Å². The number of benzene rings is 1. The molecule has 1 N–H and O–H groups in total. The minimum atomic E-state index is -2.84. The van der Waals surface area contributed by atoms with Crippen molar-refractivity contribution in [2.75, 3.05) is 34.4 Å². The Bertz CT molecular complexity index is 1690. The molecule has 1 aromatic heterocycles. The highest BCUT2D eigenvalue weighted by atomic mass is 28.4. The first-order chi connectivity index (χ1) is 24.1. The third-order valence-corrected chi connectivity index (χ3v) is 15.8. The van der Waals surface area contributed by atoms with Gasteiger partial charge in [-0.05, 0) is 87.0 Å². The van der Waals surface area contributed by atoms with E-state index in [1.54, 1.807) is 7.11 Å². The zero-order chi connectivity index (χ0) is 37.5. The van der Waals surface area contributed by atoms with Crippen LogP contribution in [0.25, 0.3) is 0 Å². The Kier molecular flexibility index (Phi) is 11.3. The number of ketones is 2. The van der Waals surface area contributed by atoms with Crippen LogP contribution in [0, 0.1) is 11.8 Å². The molecule has 0 aliphatic heterocycles. The number of aliphatic hydroxyl groups excluding tert-OH is 1. The lowest BCUT2D eigenvalue weighted by molar-refractivity contribution is -0.107. The molecule has 12 heteroatoms. The fourth-order valence-electron chi connectivity index (χ4n) is 7.68. The molecule has 5 rings (SSSR count). The SMILES string of the molecule is CCCCOc1noc2c1C(=O)[C@@]1(O[Si](C)(C)C(C)(C)C)C(O)=C3C(=O)c4c(c(OC)cc(CCC=O)c4OCCCC)C[C@H]3C[C@H]1[C@@H]2N(C)C. The summed E-state index contributed by atoms with van der Waals surface area (Å²) < 4.78 is 31.4. The van der Waals surface area contributed by atoms with E-state index >= 15 is 9.59 Å².